The summed E-state index contributed by atoms with van der Waals surface area (Å²) in [6.07, 6.45) is 1.95. The van der Waals surface area contributed by atoms with E-state index < -0.39 is 28.0 Å². The summed E-state index contributed by atoms with van der Waals surface area (Å²) in [5, 5.41) is 7.73. The minimum Gasteiger partial charge on any atom is -0.351 e. The fourth-order valence-electron chi connectivity index (χ4n) is 4.38. The lowest BCUT2D eigenvalue weighted by atomic mass is 10.1. The smallest absolute Gasteiger partial charge is 0.257 e. The maximum absolute atomic E-state index is 13.0. The fourth-order valence-corrected chi connectivity index (χ4v) is 5.95. The van der Waals surface area contributed by atoms with Crippen molar-refractivity contribution in [2.45, 2.75) is 10.3 Å². The molecule has 2 N–H and O–H groups in total. The summed E-state index contributed by atoms with van der Waals surface area (Å²) in [6.45, 7) is 0. The van der Waals surface area contributed by atoms with Crippen LogP contribution in [0.4, 0.5) is 11.4 Å². The summed E-state index contributed by atoms with van der Waals surface area (Å²) in [7, 11) is 1.95. The molecule has 4 aromatic rings. The number of anilines is 2. The lowest BCUT2D eigenvalue weighted by Crippen LogP contribution is -2.18. The number of halogens is 5. The molecule has 2 atom stereocenters. The van der Waals surface area contributed by atoms with E-state index in [1.54, 1.807) is 30.3 Å². The number of aryl methyl sites for hydroxylation is 1. The number of nitrogens with one attached hydrogen (secondary N) is 2. The number of benzene rings is 3. The standard InChI is InChI=1S/C26H18Cl5N3O2/c1-34-7-6-13-10-17(3-5-21(13)34)32-24(35)19-12-18(2-4-20(19)29)33-25(36)23-22(26(23,30)31)14-8-15(27)11-16(28)9-14/h2-12,22-23H,1H3,(H,32,35)(H,33,36). The van der Waals surface area contributed by atoms with Crippen LogP contribution in [0, 0.1) is 5.92 Å². The van der Waals surface area contributed by atoms with Crippen LogP contribution in [0.1, 0.15) is 21.8 Å². The second-order valence-electron chi connectivity index (χ2n) is 8.67. The third kappa shape index (κ3) is 4.79. The molecule has 1 aromatic heterocycles. The third-order valence-electron chi connectivity index (χ3n) is 6.20. The first-order valence-corrected chi connectivity index (χ1v) is 12.7. The van der Waals surface area contributed by atoms with Crippen LogP contribution in [0.15, 0.2) is 66.9 Å². The Labute approximate surface area is 232 Å². The van der Waals surface area contributed by atoms with Crippen LogP contribution in [0.5, 0.6) is 0 Å². The van der Waals surface area contributed by atoms with Gasteiger partial charge in [0.15, 0.2) is 0 Å². The van der Waals surface area contributed by atoms with Gasteiger partial charge in [0.1, 0.15) is 4.33 Å². The summed E-state index contributed by atoms with van der Waals surface area (Å²) in [5.74, 6) is -2.03. The van der Waals surface area contributed by atoms with E-state index in [-0.39, 0.29) is 10.6 Å². The first kappa shape index (κ1) is 25.2. The first-order valence-electron chi connectivity index (χ1n) is 10.9. The lowest BCUT2D eigenvalue weighted by molar-refractivity contribution is -0.117. The van der Waals surface area contributed by atoms with Gasteiger partial charge in [0.05, 0.1) is 16.5 Å². The topological polar surface area (TPSA) is 63.1 Å². The Hall–Kier alpha value is -2.41. The minimum absolute atomic E-state index is 0.208. The van der Waals surface area contributed by atoms with Crippen molar-refractivity contribution in [3.05, 3.63) is 93.1 Å². The van der Waals surface area contributed by atoms with Gasteiger partial charge in [-0.2, -0.15) is 0 Å². The summed E-state index contributed by atoms with van der Waals surface area (Å²) >= 11 is 31.4. The minimum atomic E-state index is -1.32. The van der Waals surface area contributed by atoms with Crippen LogP contribution in [0.25, 0.3) is 10.9 Å². The van der Waals surface area contributed by atoms with Gasteiger partial charge in [-0.15, -0.1) is 23.2 Å². The second kappa shape index (κ2) is 9.47. The summed E-state index contributed by atoms with van der Waals surface area (Å²) in [6, 6.07) is 17.2. The number of carbonyl (C=O) groups excluding carboxylic acids is 2. The zero-order valence-electron chi connectivity index (χ0n) is 18.7. The summed E-state index contributed by atoms with van der Waals surface area (Å²) in [4.78, 5) is 26.0. The van der Waals surface area contributed by atoms with Crippen LogP contribution in [-0.2, 0) is 11.8 Å². The normalized spacial score (nSPS) is 18.2. The zero-order chi connectivity index (χ0) is 25.8. The second-order valence-corrected chi connectivity index (χ2v) is 11.4. The number of aromatic nitrogens is 1. The number of hydrogen-bond donors (Lipinski definition) is 2. The van der Waals surface area contributed by atoms with Crippen molar-refractivity contribution in [3.8, 4) is 0 Å². The summed E-state index contributed by atoms with van der Waals surface area (Å²) in [5.41, 5.74) is 2.93. The SMILES string of the molecule is Cn1ccc2cc(NC(=O)c3cc(NC(=O)C4C(c5cc(Cl)cc(Cl)c5)C4(Cl)Cl)ccc3Cl)ccc21. The molecule has 0 saturated heterocycles. The number of amides is 2. The number of rotatable bonds is 5. The van der Waals surface area contributed by atoms with Crippen LogP contribution in [0.3, 0.4) is 0 Å². The van der Waals surface area contributed by atoms with Crippen LogP contribution in [0.2, 0.25) is 15.1 Å². The van der Waals surface area contributed by atoms with E-state index in [2.05, 4.69) is 10.6 Å². The molecule has 5 nitrogen and oxygen atoms in total. The van der Waals surface area contributed by atoms with Gasteiger partial charge in [-0.05, 0) is 66.2 Å². The molecule has 5 rings (SSSR count). The quantitative estimate of drug-likeness (QED) is 0.235. The molecule has 1 saturated carbocycles. The monoisotopic (exact) mass is 579 g/mol. The Morgan fingerprint density at radius 1 is 0.861 bits per heavy atom. The molecule has 10 heteroatoms. The van der Waals surface area contributed by atoms with Crippen molar-refractivity contribution in [2.75, 3.05) is 10.6 Å². The molecular weight excluding hydrogens is 564 g/mol. The Morgan fingerprint density at radius 3 is 2.25 bits per heavy atom. The number of carbonyl (C=O) groups is 2. The maximum Gasteiger partial charge on any atom is 0.257 e. The predicted molar refractivity (Wildman–Crippen MR) is 148 cm³/mol. The lowest BCUT2D eigenvalue weighted by Gasteiger charge is -2.11. The van der Waals surface area contributed by atoms with Crippen molar-refractivity contribution in [2.24, 2.45) is 13.0 Å². The van der Waals surface area contributed by atoms with Crippen LogP contribution in [-0.4, -0.2) is 20.7 Å². The molecule has 2 unspecified atom stereocenters. The third-order valence-corrected chi connectivity index (χ3v) is 7.91. The van der Waals surface area contributed by atoms with E-state index >= 15 is 0 Å². The van der Waals surface area contributed by atoms with E-state index in [0.29, 0.717) is 27.0 Å². The first-order chi connectivity index (χ1) is 17.0. The average molecular weight is 582 g/mol. The fraction of sp³-hybridized carbons (Fsp3) is 0.154. The molecule has 184 valence electrons. The Morgan fingerprint density at radius 2 is 1.53 bits per heavy atom. The van der Waals surface area contributed by atoms with Gasteiger partial charge in [0.25, 0.3) is 5.91 Å². The molecule has 1 heterocycles. The molecule has 0 spiro atoms. The Bertz CT molecular complexity index is 1510. The van der Waals surface area contributed by atoms with Crippen molar-refractivity contribution in [1.82, 2.24) is 4.57 Å². The van der Waals surface area contributed by atoms with E-state index in [9.17, 15) is 9.59 Å². The summed E-state index contributed by atoms with van der Waals surface area (Å²) < 4.78 is 0.673. The van der Waals surface area contributed by atoms with Gasteiger partial charge < -0.3 is 15.2 Å². The van der Waals surface area contributed by atoms with Crippen LogP contribution < -0.4 is 10.6 Å². The highest BCUT2D eigenvalue weighted by atomic mass is 35.5. The highest BCUT2D eigenvalue weighted by Crippen LogP contribution is 2.65. The zero-order valence-corrected chi connectivity index (χ0v) is 22.4. The molecular formula is C26H18Cl5N3O2. The Balaban J connectivity index is 1.33. The Kier molecular flexibility index (Phi) is 6.64. The molecule has 36 heavy (non-hydrogen) atoms. The number of hydrogen-bond acceptors (Lipinski definition) is 2. The maximum atomic E-state index is 13.0. The molecule has 1 fully saturated rings. The average Bonchev–Trinajstić information content (AvgIpc) is 3.21. The highest BCUT2D eigenvalue weighted by Gasteiger charge is 2.67. The number of fused-ring (bicyclic) bond motifs is 1. The molecule has 1 aliphatic rings. The molecule has 0 aliphatic heterocycles. The van der Waals surface area contributed by atoms with Gasteiger partial charge >= 0.3 is 0 Å². The van der Waals surface area contributed by atoms with Gasteiger partial charge in [-0.1, -0.05) is 34.8 Å². The van der Waals surface area contributed by atoms with Gasteiger partial charge in [0, 0.05) is 51.5 Å². The van der Waals surface area contributed by atoms with Crippen molar-refractivity contribution in [3.63, 3.8) is 0 Å². The number of nitrogens with zero attached hydrogens (tertiary/aromatic N) is 1. The molecule has 1 aliphatic carbocycles. The predicted octanol–water partition coefficient (Wildman–Crippen LogP) is 7.92. The van der Waals surface area contributed by atoms with E-state index in [0.717, 1.165) is 10.9 Å². The van der Waals surface area contributed by atoms with E-state index in [1.807, 2.05) is 42.1 Å². The molecule has 0 bridgehead atoms. The van der Waals surface area contributed by atoms with E-state index in [4.69, 9.17) is 58.0 Å². The van der Waals surface area contributed by atoms with E-state index in [1.165, 1.54) is 6.07 Å². The molecule has 3 aromatic carbocycles. The highest BCUT2D eigenvalue weighted by molar-refractivity contribution is 6.53. The van der Waals surface area contributed by atoms with Crippen molar-refractivity contribution >= 4 is 92.1 Å². The molecule has 2 amide bonds. The van der Waals surface area contributed by atoms with Crippen molar-refractivity contribution in [1.29, 1.82) is 0 Å². The van der Waals surface area contributed by atoms with Gasteiger partial charge in [-0.3, -0.25) is 9.59 Å². The largest absolute Gasteiger partial charge is 0.351 e. The number of alkyl halides is 2. The molecule has 0 radical (unpaired) electrons. The van der Waals surface area contributed by atoms with Crippen LogP contribution >= 0.6 is 58.0 Å². The van der Waals surface area contributed by atoms with Gasteiger partial charge in [0.2, 0.25) is 5.91 Å². The van der Waals surface area contributed by atoms with Gasteiger partial charge in [-0.25, -0.2) is 0 Å². The van der Waals surface area contributed by atoms with Crippen molar-refractivity contribution < 1.29 is 9.59 Å².